The van der Waals surface area contributed by atoms with Crippen LogP contribution in [-0.2, 0) is 11.3 Å². The molecule has 0 N–H and O–H groups in total. The third-order valence-corrected chi connectivity index (χ3v) is 6.02. The summed E-state index contributed by atoms with van der Waals surface area (Å²) in [6, 6.07) is 17.2. The lowest BCUT2D eigenvalue weighted by Gasteiger charge is -2.21. The molecule has 2 aromatic carbocycles. The van der Waals surface area contributed by atoms with Crippen molar-refractivity contribution in [2.24, 2.45) is 0 Å². The molecule has 1 atom stereocenters. The van der Waals surface area contributed by atoms with Gasteiger partial charge in [0.25, 0.3) is 5.24 Å². The Balaban J connectivity index is 1.38. The van der Waals surface area contributed by atoms with Crippen LogP contribution in [0.5, 0.6) is 0 Å². The molecule has 2 saturated heterocycles. The van der Waals surface area contributed by atoms with E-state index in [9.17, 15) is 14.4 Å². The van der Waals surface area contributed by atoms with Crippen LogP contribution >= 0.6 is 12.6 Å². The third-order valence-electron chi connectivity index (χ3n) is 5.73. The number of carbonyl (C=O) groups is 3. The topological polar surface area (TPSA) is 73.4 Å². The lowest BCUT2D eigenvalue weighted by Crippen LogP contribution is -2.36. The van der Waals surface area contributed by atoms with Gasteiger partial charge in [0.15, 0.2) is 0 Å². The van der Waals surface area contributed by atoms with Crippen molar-refractivity contribution >= 4 is 41.4 Å². The smallest absolute Gasteiger partial charge is 0.414 e. The molecule has 32 heavy (non-hydrogen) atoms. The summed E-state index contributed by atoms with van der Waals surface area (Å²) in [5.41, 5.74) is 2.58. The molecule has 0 aromatic heterocycles. The largest absolute Gasteiger partial charge is 0.442 e. The van der Waals surface area contributed by atoms with Crippen LogP contribution in [0.1, 0.15) is 12.5 Å². The highest BCUT2D eigenvalue weighted by Gasteiger charge is 2.34. The average molecular weight is 455 g/mol. The number of cyclic esters (lactones) is 1. The fraction of sp³-hybridized carbons (Fsp3) is 0.348. The predicted molar refractivity (Wildman–Crippen MR) is 125 cm³/mol. The standard InChI is InChI=1S/C23H26N4O4S/c1-2-24(23(30)32)15-20-16-27(22(29)31-20)19-10-8-18(9-11-19)26-13-12-25(21(26)28)14-17-6-4-3-5-7-17/h3-11,20H,2,12-16H2,1H3,(H,30,32)/t20-/m1/s1. The van der Waals surface area contributed by atoms with Crippen molar-refractivity contribution in [1.29, 1.82) is 0 Å². The van der Waals surface area contributed by atoms with Gasteiger partial charge in [-0.05, 0) is 36.8 Å². The Morgan fingerprint density at radius 2 is 1.69 bits per heavy atom. The number of ether oxygens (including phenoxy) is 1. The van der Waals surface area contributed by atoms with E-state index in [0.29, 0.717) is 45.0 Å². The van der Waals surface area contributed by atoms with Crippen molar-refractivity contribution in [3.05, 3.63) is 60.2 Å². The molecule has 0 aliphatic carbocycles. The zero-order valence-electron chi connectivity index (χ0n) is 17.9. The summed E-state index contributed by atoms with van der Waals surface area (Å²) in [4.78, 5) is 43.4. The lowest BCUT2D eigenvalue weighted by molar-refractivity contribution is 0.120. The molecule has 2 aliphatic rings. The molecule has 4 rings (SSSR count). The zero-order valence-corrected chi connectivity index (χ0v) is 18.8. The number of hydrogen-bond acceptors (Lipinski definition) is 4. The number of likely N-dealkylation sites (N-methyl/N-ethyl adjacent to an activating group) is 1. The van der Waals surface area contributed by atoms with Crippen molar-refractivity contribution in [1.82, 2.24) is 9.80 Å². The number of thiol groups is 1. The first kappa shape index (κ1) is 22.0. The maximum Gasteiger partial charge on any atom is 0.414 e. The fourth-order valence-corrected chi connectivity index (χ4v) is 4.22. The molecule has 0 spiro atoms. The van der Waals surface area contributed by atoms with Crippen LogP contribution in [0.4, 0.5) is 25.8 Å². The summed E-state index contributed by atoms with van der Waals surface area (Å²) in [6.07, 6.45) is -0.860. The molecule has 4 amide bonds. The molecule has 168 valence electrons. The van der Waals surface area contributed by atoms with Crippen LogP contribution < -0.4 is 9.80 Å². The summed E-state index contributed by atoms with van der Waals surface area (Å²) < 4.78 is 5.42. The van der Waals surface area contributed by atoms with Crippen LogP contribution in [0.15, 0.2) is 54.6 Å². The normalized spacial score (nSPS) is 18.3. The molecule has 2 heterocycles. The van der Waals surface area contributed by atoms with E-state index in [0.717, 1.165) is 11.3 Å². The minimum atomic E-state index is -0.447. The maximum atomic E-state index is 12.9. The molecule has 0 saturated carbocycles. The molecule has 0 radical (unpaired) electrons. The Labute approximate surface area is 192 Å². The van der Waals surface area contributed by atoms with Crippen LogP contribution in [0, 0.1) is 0 Å². The molecule has 8 nitrogen and oxygen atoms in total. The van der Waals surface area contributed by atoms with Crippen LogP contribution in [0.25, 0.3) is 0 Å². The first-order valence-corrected chi connectivity index (χ1v) is 11.1. The van der Waals surface area contributed by atoms with Crippen molar-refractivity contribution < 1.29 is 19.1 Å². The molecular weight excluding hydrogens is 428 g/mol. The summed E-state index contributed by atoms with van der Waals surface area (Å²) >= 11 is 3.85. The Bertz CT molecular complexity index is 985. The lowest BCUT2D eigenvalue weighted by atomic mass is 10.2. The number of rotatable bonds is 7. The van der Waals surface area contributed by atoms with Gasteiger partial charge in [0, 0.05) is 37.6 Å². The molecule has 2 aromatic rings. The van der Waals surface area contributed by atoms with E-state index in [4.69, 9.17) is 4.74 Å². The number of amides is 4. The second-order valence-corrected chi connectivity index (χ2v) is 8.18. The van der Waals surface area contributed by atoms with E-state index in [2.05, 4.69) is 12.6 Å². The van der Waals surface area contributed by atoms with E-state index < -0.39 is 12.2 Å². The molecule has 0 unspecified atom stereocenters. The van der Waals surface area contributed by atoms with Gasteiger partial charge >= 0.3 is 12.1 Å². The Kier molecular flexibility index (Phi) is 6.55. The third kappa shape index (κ3) is 4.67. The Morgan fingerprint density at radius 3 is 2.31 bits per heavy atom. The van der Waals surface area contributed by atoms with Crippen LogP contribution in [-0.4, -0.2) is 66.0 Å². The first-order chi connectivity index (χ1) is 15.5. The van der Waals surface area contributed by atoms with Crippen molar-refractivity contribution in [2.75, 3.05) is 42.5 Å². The summed E-state index contributed by atoms with van der Waals surface area (Å²) in [6.45, 7) is 4.86. The van der Waals surface area contributed by atoms with E-state index in [1.165, 1.54) is 4.90 Å². The Morgan fingerprint density at radius 1 is 1.03 bits per heavy atom. The highest BCUT2D eigenvalue weighted by Crippen LogP contribution is 2.27. The van der Waals surface area contributed by atoms with Gasteiger partial charge in [-0.3, -0.25) is 14.6 Å². The van der Waals surface area contributed by atoms with E-state index in [1.54, 1.807) is 9.80 Å². The highest BCUT2D eigenvalue weighted by molar-refractivity contribution is 7.96. The number of anilines is 2. The second kappa shape index (κ2) is 9.52. The van der Waals surface area contributed by atoms with Crippen molar-refractivity contribution in [3.8, 4) is 0 Å². The van der Waals surface area contributed by atoms with Gasteiger partial charge in [0.05, 0.1) is 13.1 Å². The van der Waals surface area contributed by atoms with E-state index in [-0.39, 0.29) is 11.3 Å². The highest BCUT2D eigenvalue weighted by atomic mass is 32.1. The van der Waals surface area contributed by atoms with Gasteiger partial charge in [-0.25, -0.2) is 9.59 Å². The average Bonchev–Trinajstić information content (AvgIpc) is 3.35. The molecule has 2 fully saturated rings. The second-order valence-electron chi connectivity index (χ2n) is 7.80. The van der Waals surface area contributed by atoms with Crippen molar-refractivity contribution in [3.63, 3.8) is 0 Å². The van der Waals surface area contributed by atoms with Gasteiger partial charge in [-0.2, -0.15) is 0 Å². The Hall–Kier alpha value is -3.20. The van der Waals surface area contributed by atoms with E-state index in [1.807, 2.05) is 66.4 Å². The van der Waals surface area contributed by atoms with Gasteiger partial charge in [-0.1, -0.05) is 43.0 Å². The first-order valence-electron chi connectivity index (χ1n) is 10.6. The number of nitrogens with zero attached hydrogens (tertiary/aromatic N) is 4. The SMILES string of the molecule is CCN(C[C@@H]1CN(c2ccc(N3CCN(Cc4ccccc4)C3=O)cc2)C(=O)O1)C(=O)S. The number of urea groups is 1. The minimum Gasteiger partial charge on any atom is -0.442 e. The van der Waals surface area contributed by atoms with Crippen LogP contribution in [0.2, 0.25) is 0 Å². The minimum absolute atomic E-state index is 0.0293. The van der Waals surface area contributed by atoms with Gasteiger partial charge in [-0.15, -0.1) is 0 Å². The fourth-order valence-electron chi connectivity index (χ4n) is 4.00. The van der Waals surface area contributed by atoms with E-state index >= 15 is 0 Å². The summed E-state index contributed by atoms with van der Waals surface area (Å²) in [5, 5.41) is -0.344. The number of hydrogen-bond donors (Lipinski definition) is 1. The van der Waals surface area contributed by atoms with Crippen molar-refractivity contribution in [2.45, 2.75) is 19.6 Å². The molecule has 2 aliphatic heterocycles. The molecule has 0 bridgehead atoms. The maximum absolute atomic E-state index is 12.9. The van der Waals surface area contributed by atoms with Gasteiger partial charge in [0.1, 0.15) is 6.10 Å². The molecular formula is C23H26N4O4S. The predicted octanol–water partition coefficient (Wildman–Crippen LogP) is 3.83. The number of benzene rings is 2. The summed E-state index contributed by atoms with van der Waals surface area (Å²) in [5.74, 6) is 0. The number of carbonyl (C=O) groups excluding carboxylic acids is 3. The molecule has 9 heteroatoms. The monoisotopic (exact) mass is 454 g/mol. The summed E-state index contributed by atoms with van der Waals surface area (Å²) in [7, 11) is 0. The van der Waals surface area contributed by atoms with Gasteiger partial charge < -0.3 is 14.5 Å². The van der Waals surface area contributed by atoms with Crippen LogP contribution in [0.3, 0.4) is 0 Å². The van der Waals surface area contributed by atoms with Gasteiger partial charge in [0.2, 0.25) is 0 Å². The quantitative estimate of drug-likeness (QED) is 0.646. The zero-order chi connectivity index (χ0) is 22.7.